The summed E-state index contributed by atoms with van der Waals surface area (Å²) in [4.78, 5) is 14.2. The van der Waals surface area contributed by atoms with Crippen LogP contribution in [-0.2, 0) is 20.6 Å². The van der Waals surface area contributed by atoms with Crippen molar-refractivity contribution in [2.75, 3.05) is 26.2 Å². The van der Waals surface area contributed by atoms with E-state index in [4.69, 9.17) is 0 Å². The van der Waals surface area contributed by atoms with Crippen LogP contribution in [0.4, 0.5) is 0 Å². The van der Waals surface area contributed by atoms with Crippen molar-refractivity contribution < 1.29 is 13.2 Å². The molecule has 0 radical (unpaired) electrons. The van der Waals surface area contributed by atoms with Gasteiger partial charge in [0.2, 0.25) is 15.9 Å². The van der Waals surface area contributed by atoms with E-state index in [0.29, 0.717) is 26.2 Å². The molecule has 2 aliphatic rings. The van der Waals surface area contributed by atoms with Crippen LogP contribution in [0.15, 0.2) is 30.3 Å². The molecule has 1 amide bonds. The Kier molecular flexibility index (Phi) is 5.19. The predicted octanol–water partition coefficient (Wildman–Crippen LogP) is -0.0844. The Balaban J connectivity index is 1.55. The fourth-order valence-electron chi connectivity index (χ4n) is 3.16. The smallest absolute Gasteiger partial charge is 0.241 e. The first-order chi connectivity index (χ1) is 11.5. The monoisotopic (exact) mass is 352 g/mol. The van der Waals surface area contributed by atoms with Crippen LogP contribution < -0.4 is 10.9 Å². The number of hydrazine groups is 1. The van der Waals surface area contributed by atoms with E-state index in [9.17, 15) is 13.2 Å². The summed E-state index contributed by atoms with van der Waals surface area (Å²) < 4.78 is 26.6. The lowest BCUT2D eigenvalue weighted by Gasteiger charge is -2.35. The predicted molar refractivity (Wildman–Crippen MR) is 91.4 cm³/mol. The molecule has 0 bridgehead atoms. The standard InChI is InChI=1S/C16H24N4O3S/c1-13-11-15(18-17-13)16(21)19-7-9-20(10-8-19)24(22,23)12-14-5-3-2-4-6-14/h2-6,13,15,17-18H,7-12H2,1H3. The average Bonchev–Trinajstić information content (AvgIpc) is 3.01. The molecule has 3 rings (SSSR count). The Hall–Kier alpha value is -1.48. The molecule has 2 atom stereocenters. The van der Waals surface area contributed by atoms with Crippen molar-refractivity contribution in [2.45, 2.75) is 31.2 Å². The SMILES string of the molecule is CC1CC(C(=O)N2CCN(S(=O)(=O)Cc3ccccc3)CC2)NN1. The highest BCUT2D eigenvalue weighted by Crippen LogP contribution is 2.15. The number of rotatable bonds is 4. The second-order valence-electron chi connectivity index (χ2n) is 6.44. The maximum absolute atomic E-state index is 12.5. The molecule has 2 unspecified atom stereocenters. The van der Waals surface area contributed by atoms with Crippen molar-refractivity contribution in [1.82, 2.24) is 20.1 Å². The Bertz CT molecular complexity index is 672. The molecule has 2 aliphatic heterocycles. The molecule has 2 fully saturated rings. The highest BCUT2D eigenvalue weighted by Gasteiger charge is 2.34. The third-order valence-corrected chi connectivity index (χ3v) is 6.38. The number of sulfonamides is 1. The maximum Gasteiger partial charge on any atom is 0.241 e. The van der Waals surface area contributed by atoms with Crippen LogP contribution >= 0.6 is 0 Å². The van der Waals surface area contributed by atoms with E-state index in [0.717, 1.165) is 12.0 Å². The van der Waals surface area contributed by atoms with Gasteiger partial charge in [0, 0.05) is 32.2 Å². The molecule has 132 valence electrons. The summed E-state index contributed by atoms with van der Waals surface area (Å²) in [6, 6.07) is 9.23. The van der Waals surface area contributed by atoms with Gasteiger partial charge in [-0.3, -0.25) is 10.2 Å². The number of benzene rings is 1. The van der Waals surface area contributed by atoms with Crippen molar-refractivity contribution in [3.63, 3.8) is 0 Å². The highest BCUT2D eigenvalue weighted by molar-refractivity contribution is 7.88. The summed E-state index contributed by atoms with van der Waals surface area (Å²) in [6.07, 6.45) is 0.755. The zero-order valence-electron chi connectivity index (χ0n) is 13.8. The molecule has 1 aromatic rings. The summed E-state index contributed by atoms with van der Waals surface area (Å²) in [5, 5.41) is 0. The molecule has 2 saturated heterocycles. The van der Waals surface area contributed by atoms with E-state index in [2.05, 4.69) is 10.9 Å². The first-order valence-corrected chi connectivity index (χ1v) is 9.88. The summed E-state index contributed by atoms with van der Waals surface area (Å²) >= 11 is 0. The van der Waals surface area contributed by atoms with Gasteiger partial charge in [0.05, 0.1) is 5.75 Å². The Morgan fingerprint density at radius 3 is 2.38 bits per heavy atom. The molecule has 8 heteroatoms. The van der Waals surface area contributed by atoms with Crippen LogP contribution in [0.2, 0.25) is 0 Å². The molecule has 2 N–H and O–H groups in total. The molecule has 24 heavy (non-hydrogen) atoms. The van der Waals surface area contributed by atoms with E-state index in [-0.39, 0.29) is 23.7 Å². The van der Waals surface area contributed by atoms with Crippen molar-refractivity contribution >= 4 is 15.9 Å². The third-order valence-electron chi connectivity index (χ3n) is 4.53. The zero-order chi connectivity index (χ0) is 17.2. The van der Waals surface area contributed by atoms with Crippen LogP contribution in [0.5, 0.6) is 0 Å². The number of carbonyl (C=O) groups is 1. The average molecular weight is 352 g/mol. The van der Waals surface area contributed by atoms with Gasteiger partial charge in [0.25, 0.3) is 0 Å². The van der Waals surface area contributed by atoms with Crippen molar-refractivity contribution in [3.8, 4) is 0 Å². The van der Waals surface area contributed by atoms with Gasteiger partial charge in [-0.2, -0.15) is 4.31 Å². The van der Waals surface area contributed by atoms with Crippen LogP contribution in [0.25, 0.3) is 0 Å². The lowest BCUT2D eigenvalue weighted by atomic mass is 10.1. The first kappa shape index (κ1) is 17.3. The Morgan fingerprint density at radius 1 is 1.12 bits per heavy atom. The Morgan fingerprint density at radius 2 is 1.79 bits per heavy atom. The fraction of sp³-hybridized carbons (Fsp3) is 0.562. The minimum absolute atomic E-state index is 0.00734. The molecular weight excluding hydrogens is 328 g/mol. The van der Waals surface area contributed by atoms with Gasteiger partial charge in [-0.15, -0.1) is 0 Å². The first-order valence-electron chi connectivity index (χ1n) is 8.27. The number of piperazine rings is 1. The van der Waals surface area contributed by atoms with Crippen LogP contribution in [0.1, 0.15) is 18.9 Å². The second-order valence-corrected chi connectivity index (χ2v) is 8.41. The number of amides is 1. The van der Waals surface area contributed by atoms with E-state index >= 15 is 0 Å². The number of hydrogen-bond donors (Lipinski definition) is 2. The quantitative estimate of drug-likeness (QED) is 0.792. The van der Waals surface area contributed by atoms with Crippen LogP contribution in [0, 0.1) is 0 Å². The number of nitrogens with one attached hydrogen (secondary N) is 2. The van der Waals surface area contributed by atoms with Crippen molar-refractivity contribution in [1.29, 1.82) is 0 Å². The summed E-state index contributed by atoms with van der Waals surface area (Å²) in [5.41, 5.74) is 6.83. The Labute approximate surface area is 143 Å². The highest BCUT2D eigenvalue weighted by atomic mass is 32.2. The molecule has 0 saturated carbocycles. The van der Waals surface area contributed by atoms with Gasteiger partial charge < -0.3 is 4.90 Å². The van der Waals surface area contributed by atoms with E-state index < -0.39 is 10.0 Å². The second kappa shape index (κ2) is 7.18. The van der Waals surface area contributed by atoms with Gasteiger partial charge in [-0.05, 0) is 18.9 Å². The van der Waals surface area contributed by atoms with Gasteiger partial charge >= 0.3 is 0 Å². The zero-order valence-corrected chi connectivity index (χ0v) is 14.6. The molecular formula is C16H24N4O3S. The molecule has 0 aliphatic carbocycles. The lowest BCUT2D eigenvalue weighted by molar-refractivity contribution is -0.134. The van der Waals surface area contributed by atoms with E-state index in [1.54, 1.807) is 4.90 Å². The van der Waals surface area contributed by atoms with Gasteiger partial charge in [-0.25, -0.2) is 13.8 Å². The minimum atomic E-state index is -3.35. The molecule has 7 nitrogen and oxygen atoms in total. The maximum atomic E-state index is 12.5. The van der Waals surface area contributed by atoms with E-state index in [1.165, 1.54) is 4.31 Å². The number of carbonyl (C=O) groups excluding carboxylic acids is 1. The van der Waals surface area contributed by atoms with Crippen LogP contribution in [-0.4, -0.2) is 61.8 Å². The number of nitrogens with zero attached hydrogens (tertiary/aromatic N) is 2. The molecule has 0 aromatic heterocycles. The van der Waals surface area contributed by atoms with Crippen molar-refractivity contribution in [3.05, 3.63) is 35.9 Å². The summed E-state index contributed by atoms with van der Waals surface area (Å²) in [6.45, 7) is 3.63. The summed E-state index contributed by atoms with van der Waals surface area (Å²) in [7, 11) is -3.35. The van der Waals surface area contributed by atoms with Gasteiger partial charge in [-0.1, -0.05) is 30.3 Å². The lowest BCUT2D eigenvalue weighted by Crippen LogP contribution is -2.54. The minimum Gasteiger partial charge on any atom is -0.339 e. The summed E-state index contributed by atoms with van der Waals surface area (Å²) in [5.74, 6) is 0.0555. The topological polar surface area (TPSA) is 81.8 Å². The van der Waals surface area contributed by atoms with E-state index in [1.807, 2.05) is 37.3 Å². The van der Waals surface area contributed by atoms with Crippen LogP contribution in [0.3, 0.4) is 0 Å². The normalized spacial score (nSPS) is 25.8. The fourth-order valence-corrected chi connectivity index (χ4v) is 4.68. The largest absolute Gasteiger partial charge is 0.339 e. The van der Waals surface area contributed by atoms with Gasteiger partial charge in [0.1, 0.15) is 6.04 Å². The third kappa shape index (κ3) is 3.94. The van der Waals surface area contributed by atoms with Crippen molar-refractivity contribution in [2.24, 2.45) is 0 Å². The molecule has 0 spiro atoms. The molecule has 2 heterocycles. The van der Waals surface area contributed by atoms with Gasteiger partial charge in [0.15, 0.2) is 0 Å². The molecule has 1 aromatic carbocycles. The number of hydrogen-bond acceptors (Lipinski definition) is 5.